The molecular formula is C28H56O4Si2. The maximum atomic E-state index is 13.2. The lowest BCUT2D eigenvalue weighted by molar-refractivity contribution is -0.155. The molecule has 0 heterocycles. The van der Waals surface area contributed by atoms with Crippen molar-refractivity contribution in [2.24, 2.45) is 11.8 Å². The summed E-state index contributed by atoms with van der Waals surface area (Å²) in [4.78, 5) is 13.2. The van der Waals surface area contributed by atoms with E-state index in [1.165, 1.54) is 19.3 Å². The number of esters is 1. The second-order valence-electron chi connectivity index (χ2n) is 13.5. The van der Waals surface area contributed by atoms with E-state index >= 15 is 0 Å². The molecule has 4 nitrogen and oxygen atoms in total. The predicted octanol–water partition coefficient (Wildman–Crippen LogP) is 8.49. The van der Waals surface area contributed by atoms with E-state index in [0.29, 0.717) is 12.5 Å². The molecule has 6 heteroatoms. The average Bonchev–Trinajstić information content (AvgIpc) is 2.70. The molecule has 200 valence electrons. The topological polar surface area (TPSA) is 44.8 Å². The molecule has 1 saturated carbocycles. The van der Waals surface area contributed by atoms with E-state index in [9.17, 15) is 4.79 Å². The second kappa shape index (κ2) is 12.7. The van der Waals surface area contributed by atoms with Crippen molar-refractivity contribution in [3.8, 4) is 0 Å². The minimum Gasteiger partial charge on any atom is -0.462 e. The summed E-state index contributed by atoms with van der Waals surface area (Å²) < 4.78 is 19.3. The van der Waals surface area contributed by atoms with Gasteiger partial charge in [0.2, 0.25) is 0 Å². The molecule has 0 aromatic rings. The number of ether oxygens (including phenoxy) is 1. The van der Waals surface area contributed by atoms with Gasteiger partial charge in [-0.1, -0.05) is 73.8 Å². The quantitative estimate of drug-likeness (QED) is 0.149. The summed E-state index contributed by atoms with van der Waals surface area (Å²) in [6, 6.07) is 0. The van der Waals surface area contributed by atoms with Gasteiger partial charge in [-0.25, -0.2) is 0 Å². The van der Waals surface area contributed by atoms with Crippen molar-refractivity contribution in [3.63, 3.8) is 0 Å². The lowest BCUT2D eigenvalue weighted by Gasteiger charge is -2.40. The van der Waals surface area contributed by atoms with Gasteiger partial charge in [0, 0.05) is 13.0 Å². The molecule has 0 N–H and O–H groups in total. The van der Waals surface area contributed by atoms with Crippen LogP contribution in [-0.4, -0.2) is 41.4 Å². The van der Waals surface area contributed by atoms with Crippen molar-refractivity contribution in [3.05, 3.63) is 12.7 Å². The van der Waals surface area contributed by atoms with E-state index in [0.717, 1.165) is 19.3 Å². The molecule has 0 amide bonds. The van der Waals surface area contributed by atoms with E-state index in [4.69, 9.17) is 13.6 Å². The SMILES string of the molecule is C=C[C@@H](C)[C@H](CC(=O)O[C@@H](CCO[Si](C)(C)C(C)(C)C)C1CCCCC1)O[Si](C)(C)C(C)(C)C. The summed E-state index contributed by atoms with van der Waals surface area (Å²) in [6.07, 6.45) is 8.74. The van der Waals surface area contributed by atoms with Crippen molar-refractivity contribution in [1.82, 2.24) is 0 Å². The highest BCUT2D eigenvalue weighted by Crippen LogP contribution is 2.39. The largest absolute Gasteiger partial charge is 0.462 e. The van der Waals surface area contributed by atoms with Crippen LogP contribution < -0.4 is 0 Å². The number of hydrogen-bond acceptors (Lipinski definition) is 4. The fourth-order valence-corrected chi connectivity index (χ4v) is 6.44. The van der Waals surface area contributed by atoms with Crippen LogP contribution in [0.5, 0.6) is 0 Å². The Morgan fingerprint density at radius 2 is 1.50 bits per heavy atom. The first-order chi connectivity index (χ1) is 15.4. The maximum absolute atomic E-state index is 13.2. The molecule has 0 radical (unpaired) electrons. The number of carbonyl (C=O) groups is 1. The van der Waals surface area contributed by atoms with Crippen molar-refractivity contribution in [1.29, 1.82) is 0 Å². The first-order valence-electron chi connectivity index (χ1n) is 13.5. The van der Waals surface area contributed by atoms with Crippen LogP contribution in [0.25, 0.3) is 0 Å². The molecule has 0 aromatic heterocycles. The van der Waals surface area contributed by atoms with E-state index in [1.807, 2.05) is 6.08 Å². The van der Waals surface area contributed by atoms with Crippen LogP contribution in [0, 0.1) is 11.8 Å². The van der Waals surface area contributed by atoms with Gasteiger partial charge in [-0.2, -0.15) is 0 Å². The van der Waals surface area contributed by atoms with Crippen LogP contribution in [0.15, 0.2) is 12.7 Å². The second-order valence-corrected chi connectivity index (χ2v) is 23.1. The van der Waals surface area contributed by atoms with E-state index < -0.39 is 16.6 Å². The molecule has 0 saturated heterocycles. The highest BCUT2D eigenvalue weighted by molar-refractivity contribution is 6.74. The molecule has 0 aromatic carbocycles. The molecule has 1 aliphatic carbocycles. The van der Waals surface area contributed by atoms with Gasteiger partial charge in [-0.05, 0) is 60.9 Å². The first-order valence-corrected chi connectivity index (χ1v) is 19.4. The number of carbonyl (C=O) groups excluding carboxylic acids is 1. The van der Waals surface area contributed by atoms with Crippen LogP contribution in [0.2, 0.25) is 36.3 Å². The third-order valence-electron chi connectivity index (χ3n) is 8.71. The van der Waals surface area contributed by atoms with Crippen LogP contribution in [0.4, 0.5) is 0 Å². The Bertz CT molecular complexity index is 640. The standard InChI is InChI=1S/C28H56O4Si2/c1-13-22(2)25(32-34(11,12)28(6,7)8)21-26(29)31-24(23-17-15-14-16-18-23)19-20-30-33(9,10)27(3,4)5/h13,22-25H,1,14-21H2,2-12H3/t22-,24+,25+/m1/s1. The lowest BCUT2D eigenvalue weighted by atomic mass is 9.84. The van der Waals surface area contributed by atoms with E-state index in [-0.39, 0.29) is 40.6 Å². The zero-order valence-electron chi connectivity index (χ0n) is 24.4. The smallest absolute Gasteiger partial charge is 0.308 e. The molecule has 1 fully saturated rings. The Kier molecular flexibility index (Phi) is 11.8. The van der Waals surface area contributed by atoms with Crippen molar-refractivity contribution >= 4 is 22.6 Å². The molecule has 0 aliphatic heterocycles. The minimum atomic E-state index is -2.02. The third kappa shape index (κ3) is 9.55. The monoisotopic (exact) mass is 512 g/mol. The predicted molar refractivity (Wildman–Crippen MR) is 150 cm³/mol. The lowest BCUT2D eigenvalue weighted by Crippen LogP contribution is -2.46. The van der Waals surface area contributed by atoms with Gasteiger partial charge in [-0.3, -0.25) is 4.79 Å². The summed E-state index contributed by atoms with van der Waals surface area (Å²) in [7, 11) is -3.84. The van der Waals surface area contributed by atoms with Gasteiger partial charge in [0.05, 0.1) is 12.5 Å². The number of hydrogen-bond donors (Lipinski definition) is 0. The highest BCUT2D eigenvalue weighted by atomic mass is 28.4. The Balaban J connectivity index is 2.89. The Morgan fingerprint density at radius 3 is 1.97 bits per heavy atom. The van der Waals surface area contributed by atoms with Crippen LogP contribution >= 0.6 is 0 Å². The van der Waals surface area contributed by atoms with Gasteiger partial charge < -0.3 is 13.6 Å². The van der Waals surface area contributed by atoms with Crippen molar-refractivity contribution < 1.29 is 18.4 Å². The van der Waals surface area contributed by atoms with Crippen LogP contribution in [0.3, 0.4) is 0 Å². The van der Waals surface area contributed by atoms with Gasteiger partial charge in [0.15, 0.2) is 16.6 Å². The number of rotatable bonds is 12. The van der Waals surface area contributed by atoms with Gasteiger partial charge in [-0.15, -0.1) is 6.58 Å². The molecule has 0 bridgehead atoms. The molecule has 34 heavy (non-hydrogen) atoms. The summed E-state index contributed by atoms with van der Waals surface area (Å²) >= 11 is 0. The fourth-order valence-electron chi connectivity index (χ4n) is 3.97. The molecule has 1 rings (SSSR count). The Morgan fingerprint density at radius 1 is 0.971 bits per heavy atom. The van der Waals surface area contributed by atoms with Gasteiger partial charge in [0.1, 0.15) is 6.10 Å². The van der Waals surface area contributed by atoms with Crippen LogP contribution in [0.1, 0.15) is 93.4 Å². The summed E-state index contributed by atoms with van der Waals surface area (Å²) in [5.74, 6) is 0.398. The minimum absolute atomic E-state index is 0.0647. The van der Waals surface area contributed by atoms with Gasteiger partial charge >= 0.3 is 5.97 Å². The molecule has 3 atom stereocenters. The summed E-state index contributed by atoms with van der Waals surface area (Å²) in [6.45, 7) is 29.3. The normalized spacial score (nSPS) is 19.4. The molecular weight excluding hydrogens is 456 g/mol. The van der Waals surface area contributed by atoms with Gasteiger partial charge in [0.25, 0.3) is 0 Å². The molecule has 1 aliphatic rings. The van der Waals surface area contributed by atoms with Crippen LogP contribution in [-0.2, 0) is 18.4 Å². The van der Waals surface area contributed by atoms with E-state index in [1.54, 1.807) is 0 Å². The third-order valence-corrected chi connectivity index (χ3v) is 17.8. The maximum Gasteiger partial charge on any atom is 0.308 e. The first kappa shape index (κ1) is 31.6. The molecule has 0 spiro atoms. The fraction of sp³-hybridized carbons (Fsp3) is 0.893. The zero-order valence-corrected chi connectivity index (χ0v) is 26.4. The average molecular weight is 513 g/mol. The Labute approximate surface area is 213 Å². The zero-order chi connectivity index (χ0) is 26.4. The highest BCUT2D eigenvalue weighted by Gasteiger charge is 2.41. The Hall–Kier alpha value is -0.436. The summed E-state index contributed by atoms with van der Waals surface area (Å²) in [5, 5.41) is 0.265. The van der Waals surface area contributed by atoms with E-state index in [2.05, 4.69) is 81.2 Å². The molecule has 0 unspecified atom stereocenters. The van der Waals surface area contributed by atoms with Crippen molar-refractivity contribution in [2.75, 3.05) is 6.61 Å². The summed E-state index contributed by atoms with van der Waals surface area (Å²) in [5.41, 5.74) is 0. The van der Waals surface area contributed by atoms with Crippen molar-refractivity contribution in [2.45, 2.75) is 142 Å².